The molecule has 0 aliphatic heterocycles. The number of rotatable bonds is 2. The topological polar surface area (TPSA) is 77.3 Å². The third kappa shape index (κ3) is 2.25. The van der Waals surface area contributed by atoms with Gasteiger partial charge in [0.2, 0.25) is 5.56 Å². The van der Waals surface area contributed by atoms with Gasteiger partial charge < -0.3 is 9.97 Å². The van der Waals surface area contributed by atoms with E-state index in [9.17, 15) is 4.79 Å². The lowest BCUT2D eigenvalue weighted by Gasteiger charge is -2.01. The Morgan fingerprint density at radius 1 is 0.840 bits per heavy atom. The van der Waals surface area contributed by atoms with E-state index in [1.807, 2.05) is 36.4 Å². The van der Waals surface area contributed by atoms with Gasteiger partial charge in [-0.15, -0.1) is 0 Å². The zero-order valence-electron chi connectivity index (χ0n) is 13.2. The summed E-state index contributed by atoms with van der Waals surface area (Å²) in [7, 11) is 0. The molecule has 25 heavy (non-hydrogen) atoms. The van der Waals surface area contributed by atoms with Crippen LogP contribution in [-0.4, -0.2) is 20.2 Å². The van der Waals surface area contributed by atoms with Gasteiger partial charge in [-0.1, -0.05) is 24.3 Å². The van der Waals surface area contributed by atoms with Gasteiger partial charge in [0.05, 0.1) is 11.2 Å². The summed E-state index contributed by atoms with van der Waals surface area (Å²) < 4.78 is 0. The van der Waals surface area contributed by atoms with Crippen molar-refractivity contribution in [2.45, 2.75) is 0 Å². The number of hydrogen-bond donors (Lipinski definition) is 3. The van der Waals surface area contributed by atoms with Gasteiger partial charge in [-0.25, -0.2) is 0 Å². The minimum Gasteiger partial charge on any atom is -0.353 e. The summed E-state index contributed by atoms with van der Waals surface area (Å²) in [5, 5.41) is 9.79. The first-order chi connectivity index (χ1) is 12.3. The molecule has 0 bridgehead atoms. The molecular weight excluding hydrogens is 312 g/mol. The minimum atomic E-state index is -0.110. The Hall–Kier alpha value is -3.60. The maximum atomic E-state index is 11.5. The van der Waals surface area contributed by atoms with Crippen LogP contribution in [0.25, 0.3) is 44.3 Å². The molecule has 3 N–H and O–H groups in total. The van der Waals surface area contributed by atoms with Crippen LogP contribution < -0.4 is 5.56 Å². The lowest BCUT2D eigenvalue weighted by molar-refractivity contribution is 1.12. The summed E-state index contributed by atoms with van der Waals surface area (Å²) in [6, 6.07) is 19.8. The minimum absolute atomic E-state index is 0.110. The number of fused-ring (bicyclic) bond motifs is 2. The number of aromatic nitrogens is 4. The Kier molecular flexibility index (Phi) is 2.87. The summed E-state index contributed by atoms with van der Waals surface area (Å²) >= 11 is 0. The number of H-pyrrole nitrogens is 3. The summed E-state index contributed by atoms with van der Waals surface area (Å²) in [6.07, 6.45) is 1.66. The van der Waals surface area contributed by atoms with E-state index in [0.29, 0.717) is 0 Å². The fourth-order valence-electron chi connectivity index (χ4n) is 3.23. The Morgan fingerprint density at radius 3 is 2.60 bits per heavy atom. The molecule has 0 unspecified atom stereocenters. The molecule has 120 valence electrons. The maximum Gasteiger partial charge on any atom is 0.248 e. The van der Waals surface area contributed by atoms with Crippen molar-refractivity contribution in [2.24, 2.45) is 0 Å². The Balaban J connectivity index is 1.65. The van der Waals surface area contributed by atoms with Crippen LogP contribution in [0.2, 0.25) is 0 Å². The molecule has 2 aromatic carbocycles. The van der Waals surface area contributed by atoms with E-state index in [1.54, 1.807) is 12.3 Å². The van der Waals surface area contributed by atoms with Crippen molar-refractivity contribution in [3.63, 3.8) is 0 Å². The number of para-hydroxylation sites is 1. The second-order valence-electron chi connectivity index (χ2n) is 6.04. The standard InChI is InChI=1S/C20H14N4O/c25-19-11-13(7-8-21-19)12-5-6-15-17(9-12)23-24-20(15)18-10-14-3-1-2-4-16(14)22-18/h1-11,22H,(H,21,25)(H,23,24). The lowest BCUT2D eigenvalue weighted by atomic mass is 10.0. The van der Waals surface area contributed by atoms with E-state index >= 15 is 0 Å². The van der Waals surface area contributed by atoms with E-state index in [2.05, 4.69) is 38.4 Å². The first-order valence-corrected chi connectivity index (χ1v) is 8.03. The van der Waals surface area contributed by atoms with Gasteiger partial charge in [0.1, 0.15) is 5.69 Å². The summed E-state index contributed by atoms with van der Waals surface area (Å²) in [5.74, 6) is 0. The molecule has 0 fully saturated rings. The van der Waals surface area contributed by atoms with E-state index in [1.165, 1.54) is 0 Å². The van der Waals surface area contributed by atoms with Gasteiger partial charge in [0.15, 0.2) is 0 Å². The van der Waals surface area contributed by atoms with E-state index in [4.69, 9.17) is 0 Å². The molecule has 5 aromatic rings. The average Bonchev–Trinajstić information content (AvgIpc) is 3.24. The molecule has 0 aliphatic carbocycles. The zero-order chi connectivity index (χ0) is 16.8. The molecule has 3 aromatic heterocycles. The van der Waals surface area contributed by atoms with Gasteiger partial charge in [-0.05, 0) is 41.5 Å². The molecule has 5 rings (SSSR count). The van der Waals surface area contributed by atoms with Crippen LogP contribution in [0.1, 0.15) is 0 Å². The number of benzene rings is 2. The summed E-state index contributed by atoms with van der Waals surface area (Å²) in [4.78, 5) is 17.6. The second-order valence-corrected chi connectivity index (χ2v) is 6.04. The van der Waals surface area contributed by atoms with E-state index in [-0.39, 0.29) is 5.56 Å². The monoisotopic (exact) mass is 326 g/mol. The Bertz CT molecular complexity index is 1240. The number of nitrogens with one attached hydrogen (secondary N) is 3. The third-order valence-corrected chi connectivity index (χ3v) is 4.46. The van der Waals surface area contributed by atoms with Gasteiger partial charge in [0, 0.05) is 28.6 Å². The van der Waals surface area contributed by atoms with Crippen LogP contribution in [-0.2, 0) is 0 Å². The second kappa shape index (κ2) is 5.21. The highest BCUT2D eigenvalue weighted by Gasteiger charge is 2.11. The largest absolute Gasteiger partial charge is 0.353 e. The molecule has 5 nitrogen and oxygen atoms in total. The highest BCUT2D eigenvalue weighted by Crippen LogP contribution is 2.30. The van der Waals surface area contributed by atoms with Crippen LogP contribution in [0.4, 0.5) is 0 Å². The highest BCUT2D eigenvalue weighted by atomic mass is 16.1. The SMILES string of the molecule is O=c1cc(-c2ccc3c(-c4cc5ccccc5[nH]4)n[nH]c3c2)cc[nH]1. The van der Waals surface area contributed by atoms with Gasteiger partial charge >= 0.3 is 0 Å². The molecular formula is C20H14N4O. The molecule has 5 heteroatoms. The Labute approximate surface area is 142 Å². The van der Waals surface area contributed by atoms with Crippen LogP contribution in [0.3, 0.4) is 0 Å². The molecule has 0 aliphatic rings. The third-order valence-electron chi connectivity index (χ3n) is 4.46. The van der Waals surface area contributed by atoms with E-state index < -0.39 is 0 Å². The highest BCUT2D eigenvalue weighted by molar-refractivity contribution is 5.97. The molecule has 0 radical (unpaired) electrons. The van der Waals surface area contributed by atoms with Crippen LogP contribution in [0.15, 0.2) is 71.7 Å². The smallest absolute Gasteiger partial charge is 0.248 e. The van der Waals surface area contributed by atoms with Crippen molar-refractivity contribution in [3.8, 4) is 22.5 Å². The number of nitrogens with zero attached hydrogens (tertiary/aromatic N) is 1. The summed E-state index contributed by atoms with van der Waals surface area (Å²) in [5.41, 5.74) is 5.65. The first kappa shape index (κ1) is 13.8. The fraction of sp³-hybridized carbons (Fsp3) is 0. The predicted molar refractivity (Wildman–Crippen MR) is 99.4 cm³/mol. The van der Waals surface area contributed by atoms with Crippen molar-refractivity contribution in [2.75, 3.05) is 0 Å². The van der Waals surface area contributed by atoms with Gasteiger partial charge in [-0.2, -0.15) is 5.10 Å². The number of pyridine rings is 1. The normalized spacial score (nSPS) is 11.4. The maximum absolute atomic E-state index is 11.5. The molecule has 3 heterocycles. The van der Waals surface area contributed by atoms with Crippen LogP contribution >= 0.6 is 0 Å². The molecule has 0 amide bonds. The molecule has 0 atom stereocenters. The van der Waals surface area contributed by atoms with Crippen LogP contribution in [0.5, 0.6) is 0 Å². The average molecular weight is 326 g/mol. The van der Waals surface area contributed by atoms with Crippen LogP contribution in [0, 0.1) is 0 Å². The quantitative estimate of drug-likeness (QED) is 0.457. The molecule has 0 saturated heterocycles. The predicted octanol–water partition coefficient (Wildman–Crippen LogP) is 4.07. The van der Waals surface area contributed by atoms with E-state index in [0.717, 1.165) is 44.3 Å². The zero-order valence-corrected chi connectivity index (χ0v) is 13.2. The Morgan fingerprint density at radius 2 is 1.72 bits per heavy atom. The van der Waals surface area contributed by atoms with Crippen molar-refractivity contribution in [1.29, 1.82) is 0 Å². The first-order valence-electron chi connectivity index (χ1n) is 8.03. The fourth-order valence-corrected chi connectivity index (χ4v) is 3.23. The van der Waals surface area contributed by atoms with Crippen molar-refractivity contribution >= 4 is 21.8 Å². The van der Waals surface area contributed by atoms with Gasteiger partial charge in [-0.3, -0.25) is 9.89 Å². The number of hydrogen-bond acceptors (Lipinski definition) is 2. The molecule has 0 saturated carbocycles. The molecule has 0 spiro atoms. The summed E-state index contributed by atoms with van der Waals surface area (Å²) in [6.45, 7) is 0. The van der Waals surface area contributed by atoms with Gasteiger partial charge in [0.25, 0.3) is 0 Å². The van der Waals surface area contributed by atoms with Crippen molar-refractivity contribution in [1.82, 2.24) is 20.2 Å². The number of aromatic amines is 3. The van der Waals surface area contributed by atoms with Crippen molar-refractivity contribution in [3.05, 3.63) is 77.2 Å². The van der Waals surface area contributed by atoms with Crippen molar-refractivity contribution < 1.29 is 0 Å². The lowest BCUT2D eigenvalue weighted by Crippen LogP contribution is -2.01.